The number of unbranched alkanes of at least 4 members (excludes halogenated alkanes) is 6. The molecule has 0 saturated heterocycles. The van der Waals surface area contributed by atoms with E-state index in [1.54, 1.807) is 0 Å². The van der Waals surface area contributed by atoms with Crippen molar-refractivity contribution < 1.29 is 14.2 Å². The summed E-state index contributed by atoms with van der Waals surface area (Å²) in [6.07, 6.45) is 10.0. The van der Waals surface area contributed by atoms with Crippen molar-refractivity contribution in [1.82, 2.24) is 0 Å². The molecule has 16 heavy (non-hydrogen) atoms. The average Bonchev–Trinajstić information content (AvgIpc) is 2.31. The average molecular weight is 248 g/mol. The van der Waals surface area contributed by atoms with E-state index < -0.39 is 0 Å². The predicted molar refractivity (Wildman–Crippen MR) is 66.8 cm³/mol. The van der Waals surface area contributed by atoms with E-state index >= 15 is 0 Å². The van der Waals surface area contributed by atoms with E-state index in [1.807, 2.05) is 6.92 Å². The lowest BCUT2D eigenvalue weighted by Gasteiger charge is -2.06. The van der Waals surface area contributed by atoms with Crippen LogP contribution in [0.4, 0.5) is 0 Å². The van der Waals surface area contributed by atoms with E-state index in [0.29, 0.717) is 6.61 Å². The first-order chi connectivity index (χ1) is 7.81. The summed E-state index contributed by atoms with van der Waals surface area (Å²) in [6, 6.07) is 0. The topological polar surface area (TPSA) is 46.5 Å². The summed E-state index contributed by atoms with van der Waals surface area (Å²) >= 11 is 0. The molecule has 0 aliphatic rings. The molecule has 0 aromatic carbocycles. The molecule has 0 amide bonds. The van der Waals surface area contributed by atoms with Gasteiger partial charge in [-0.1, -0.05) is 45.4 Å². The van der Waals surface area contributed by atoms with Crippen LogP contribution in [-0.2, 0) is 9.09 Å². The maximum absolute atomic E-state index is 9.95. The fourth-order valence-corrected chi connectivity index (χ4v) is 1.88. The molecule has 0 spiro atoms. The van der Waals surface area contributed by atoms with Crippen LogP contribution in [0.5, 0.6) is 0 Å². The maximum atomic E-state index is 9.95. The normalized spacial score (nSPS) is 13.1. The van der Waals surface area contributed by atoms with Crippen LogP contribution in [0.2, 0.25) is 0 Å². The molecule has 0 fully saturated rings. The fourth-order valence-electron chi connectivity index (χ4n) is 1.67. The van der Waals surface area contributed by atoms with E-state index in [0.717, 1.165) is 32.1 Å². The molecular formula is C12H25O3P. The molecule has 0 bridgehead atoms. The second-order valence-corrected chi connectivity index (χ2v) is 4.64. The monoisotopic (exact) mass is 248 g/mol. The third kappa shape index (κ3) is 12.1. The van der Waals surface area contributed by atoms with Crippen LogP contribution in [0.3, 0.4) is 0 Å². The van der Waals surface area contributed by atoms with E-state index in [2.05, 4.69) is 0 Å². The summed E-state index contributed by atoms with van der Waals surface area (Å²) in [7, 11) is -0.199. The lowest BCUT2D eigenvalue weighted by molar-refractivity contribution is 0.156. The van der Waals surface area contributed by atoms with Gasteiger partial charge in [-0.25, -0.2) is 4.57 Å². The molecule has 96 valence electrons. The Labute approximate surface area is 101 Å². The Hall–Kier alpha value is 0.0200. The van der Waals surface area contributed by atoms with Crippen LogP contribution in [0.15, 0.2) is 0 Å². The summed E-state index contributed by atoms with van der Waals surface area (Å²) in [5.41, 5.74) is 0. The Bertz CT molecular complexity index is 153. The van der Waals surface area contributed by atoms with Crippen LogP contribution >= 0.6 is 8.69 Å². The van der Waals surface area contributed by atoms with Gasteiger partial charge in [0.15, 0.2) is 0 Å². The Morgan fingerprint density at radius 1 is 1.06 bits per heavy atom. The minimum atomic E-state index is -0.199. The van der Waals surface area contributed by atoms with Gasteiger partial charge in [0.05, 0.1) is 12.7 Å². The molecule has 3 nitrogen and oxygen atoms in total. The fraction of sp³-hybridized carbons (Fsp3) is 1.00. The smallest absolute Gasteiger partial charge is 0.327 e. The van der Waals surface area contributed by atoms with E-state index in [4.69, 9.17) is 4.52 Å². The number of hydrogen-bond acceptors (Lipinski definition) is 3. The SMILES string of the molecule is CCC(O)CCCCCCCCCOP=O. The van der Waals surface area contributed by atoms with Gasteiger partial charge in [-0.05, 0) is 19.3 Å². The lowest BCUT2D eigenvalue weighted by atomic mass is 10.1. The summed E-state index contributed by atoms with van der Waals surface area (Å²) < 4.78 is 14.7. The highest BCUT2D eigenvalue weighted by molar-refractivity contribution is 7.17. The molecule has 1 N–H and O–H groups in total. The Morgan fingerprint density at radius 2 is 1.62 bits per heavy atom. The van der Waals surface area contributed by atoms with Crippen LogP contribution < -0.4 is 0 Å². The quantitative estimate of drug-likeness (QED) is 0.418. The molecule has 0 aliphatic heterocycles. The van der Waals surface area contributed by atoms with Crippen molar-refractivity contribution in [3.05, 3.63) is 0 Å². The van der Waals surface area contributed by atoms with Crippen LogP contribution in [-0.4, -0.2) is 17.8 Å². The van der Waals surface area contributed by atoms with Gasteiger partial charge in [0, 0.05) is 0 Å². The lowest BCUT2D eigenvalue weighted by Crippen LogP contribution is -2.03. The van der Waals surface area contributed by atoms with Gasteiger partial charge >= 0.3 is 8.69 Å². The van der Waals surface area contributed by atoms with Gasteiger partial charge in [-0.15, -0.1) is 0 Å². The summed E-state index contributed by atoms with van der Waals surface area (Å²) in [4.78, 5) is 0. The number of aliphatic hydroxyl groups excluding tert-OH is 1. The van der Waals surface area contributed by atoms with Gasteiger partial charge in [-0.2, -0.15) is 0 Å². The molecule has 1 unspecified atom stereocenters. The van der Waals surface area contributed by atoms with Gasteiger partial charge in [-0.3, -0.25) is 4.52 Å². The van der Waals surface area contributed by atoms with Crippen LogP contribution in [0, 0.1) is 0 Å². The van der Waals surface area contributed by atoms with E-state index in [1.165, 1.54) is 25.7 Å². The largest absolute Gasteiger partial charge is 0.393 e. The highest BCUT2D eigenvalue weighted by Crippen LogP contribution is 2.11. The van der Waals surface area contributed by atoms with Gasteiger partial charge < -0.3 is 5.11 Å². The van der Waals surface area contributed by atoms with Crippen molar-refractivity contribution in [3.8, 4) is 0 Å². The third-order valence-electron chi connectivity index (χ3n) is 2.80. The van der Waals surface area contributed by atoms with Crippen molar-refractivity contribution >= 4 is 8.69 Å². The van der Waals surface area contributed by atoms with Crippen molar-refractivity contribution in [1.29, 1.82) is 0 Å². The van der Waals surface area contributed by atoms with Crippen molar-refractivity contribution in [2.45, 2.75) is 70.8 Å². The van der Waals surface area contributed by atoms with Gasteiger partial charge in [0.1, 0.15) is 0 Å². The second kappa shape index (κ2) is 13.1. The molecular weight excluding hydrogens is 223 g/mol. The Balaban J connectivity index is 2.96. The van der Waals surface area contributed by atoms with Crippen LogP contribution in [0.1, 0.15) is 64.7 Å². The maximum Gasteiger partial charge on any atom is 0.327 e. The Kier molecular flexibility index (Phi) is 13.1. The minimum Gasteiger partial charge on any atom is -0.393 e. The van der Waals surface area contributed by atoms with E-state index in [9.17, 15) is 9.67 Å². The molecule has 4 heteroatoms. The zero-order chi connectivity index (χ0) is 12.1. The molecule has 0 radical (unpaired) electrons. The van der Waals surface area contributed by atoms with Gasteiger partial charge in [0.2, 0.25) is 0 Å². The first kappa shape index (κ1) is 16.0. The van der Waals surface area contributed by atoms with Crippen LogP contribution in [0.25, 0.3) is 0 Å². The van der Waals surface area contributed by atoms with E-state index in [-0.39, 0.29) is 14.8 Å². The number of hydrogen-bond donors (Lipinski definition) is 1. The standard InChI is InChI=1S/C12H25O3P/c1-2-12(13)10-8-6-4-3-5-7-9-11-15-16-14/h12-13H,2-11H2,1H3. The molecule has 0 rings (SSSR count). The second-order valence-electron chi connectivity index (χ2n) is 4.23. The molecule has 0 aromatic heterocycles. The minimum absolute atomic E-state index is 0.0941. The highest BCUT2D eigenvalue weighted by Gasteiger charge is 1.99. The zero-order valence-electron chi connectivity index (χ0n) is 10.4. The van der Waals surface area contributed by atoms with Crippen molar-refractivity contribution in [2.75, 3.05) is 6.61 Å². The predicted octanol–water partition coefficient (Wildman–Crippen LogP) is 4.10. The number of rotatable bonds is 12. The molecule has 0 aromatic rings. The molecule has 0 heterocycles. The number of aliphatic hydroxyl groups is 1. The first-order valence-electron chi connectivity index (χ1n) is 6.44. The molecule has 0 saturated carbocycles. The van der Waals surface area contributed by atoms with Crippen molar-refractivity contribution in [2.24, 2.45) is 0 Å². The Morgan fingerprint density at radius 3 is 2.19 bits per heavy atom. The van der Waals surface area contributed by atoms with Crippen molar-refractivity contribution in [3.63, 3.8) is 0 Å². The third-order valence-corrected chi connectivity index (χ3v) is 3.08. The molecule has 0 aliphatic carbocycles. The highest BCUT2D eigenvalue weighted by atomic mass is 31.1. The zero-order valence-corrected chi connectivity index (χ0v) is 11.3. The van der Waals surface area contributed by atoms with Gasteiger partial charge in [0.25, 0.3) is 0 Å². The summed E-state index contributed by atoms with van der Waals surface area (Å²) in [5.74, 6) is 0. The summed E-state index contributed by atoms with van der Waals surface area (Å²) in [5, 5.41) is 9.34. The molecule has 1 atom stereocenters. The first-order valence-corrected chi connectivity index (χ1v) is 7.17. The summed E-state index contributed by atoms with van der Waals surface area (Å²) in [6.45, 7) is 2.63.